The van der Waals surface area contributed by atoms with Crippen molar-refractivity contribution in [2.75, 3.05) is 0 Å². The van der Waals surface area contributed by atoms with Gasteiger partial charge in [-0.15, -0.1) is 0 Å². The number of benzene rings is 2. The zero-order valence-electron chi connectivity index (χ0n) is 13.8. The van der Waals surface area contributed by atoms with Crippen LogP contribution in [0.2, 0.25) is 0 Å². The van der Waals surface area contributed by atoms with Gasteiger partial charge in [0.1, 0.15) is 5.75 Å². The van der Waals surface area contributed by atoms with Crippen molar-refractivity contribution in [1.29, 1.82) is 0 Å². The first-order chi connectivity index (χ1) is 11.6. The molecule has 0 saturated carbocycles. The molecule has 2 aromatic carbocycles. The van der Waals surface area contributed by atoms with E-state index in [-0.39, 0.29) is 11.8 Å². The molecule has 0 atom stereocenters. The standard InChI is InChI=1S/C20H19NO3/c1-3-20(23)24-16-9-10-17-18(14(2)22)13-21(19(17)11-16)12-15-7-5-4-6-8-15/h4-11,13H,3,12H2,1-2H3. The van der Waals surface area contributed by atoms with Crippen LogP contribution in [0.1, 0.15) is 36.2 Å². The summed E-state index contributed by atoms with van der Waals surface area (Å²) >= 11 is 0. The molecule has 0 aliphatic rings. The lowest BCUT2D eigenvalue weighted by Gasteiger charge is -2.07. The number of rotatable bonds is 5. The Bertz CT molecular complexity index is 894. The largest absolute Gasteiger partial charge is 0.426 e. The van der Waals surface area contributed by atoms with Crippen LogP contribution >= 0.6 is 0 Å². The number of carbonyl (C=O) groups is 2. The van der Waals surface area contributed by atoms with Gasteiger partial charge >= 0.3 is 5.97 Å². The predicted octanol–water partition coefficient (Wildman–Crippen LogP) is 4.21. The van der Waals surface area contributed by atoms with Gasteiger partial charge in [0.2, 0.25) is 0 Å². The molecule has 3 aromatic rings. The van der Waals surface area contributed by atoms with Crippen LogP contribution in [0, 0.1) is 0 Å². The molecule has 1 heterocycles. The number of ether oxygens (including phenoxy) is 1. The molecule has 0 aliphatic carbocycles. The molecule has 4 heteroatoms. The third-order valence-electron chi connectivity index (χ3n) is 3.95. The first-order valence-corrected chi connectivity index (χ1v) is 7.97. The van der Waals surface area contributed by atoms with Crippen LogP contribution in [-0.4, -0.2) is 16.3 Å². The van der Waals surface area contributed by atoms with E-state index in [4.69, 9.17) is 4.74 Å². The van der Waals surface area contributed by atoms with E-state index < -0.39 is 0 Å². The quantitative estimate of drug-likeness (QED) is 0.402. The molecule has 0 N–H and O–H groups in total. The van der Waals surface area contributed by atoms with Gasteiger partial charge in [0.05, 0.1) is 5.52 Å². The van der Waals surface area contributed by atoms with Crippen molar-refractivity contribution in [1.82, 2.24) is 4.57 Å². The minimum Gasteiger partial charge on any atom is -0.426 e. The highest BCUT2D eigenvalue weighted by Crippen LogP contribution is 2.27. The second kappa shape index (κ2) is 6.71. The molecule has 0 fully saturated rings. The van der Waals surface area contributed by atoms with Gasteiger partial charge in [-0.1, -0.05) is 37.3 Å². The van der Waals surface area contributed by atoms with Gasteiger partial charge in [0, 0.05) is 36.2 Å². The molecule has 4 nitrogen and oxygen atoms in total. The van der Waals surface area contributed by atoms with Gasteiger partial charge in [-0.05, 0) is 24.6 Å². The lowest BCUT2D eigenvalue weighted by molar-refractivity contribution is -0.134. The van der Waals surface area contributed by atoms with Crippen molar-refractivity contribution in [3.8, 4) is 5.75 Å². The van der Waals surface area contributed by atoms with Crippen molar-refractivity contribution in [2.45, 2.75) is 26.8 Å². The Balaban J connectivity index is 2.07. The van der Waals surface area contributed by atoms with E-state index in [1.807, 2.05) is 53.2 Å². The Hall–Kier alpha value is -2.88. The molecule has 24 heavy (non-hydrogen) atoms. The first-order valence-electron chi connectivity index (χ1n) is 7.97. The fourth-order valence-electron chi connectivity index (χ4n) is 2.73. The van der Waals surface area contributed by atoms with Crippen LogP contribution < -0.4 is 4.74 Å². The summed E-state index contributed by atoms with van der Waals surface area (Å²) in [5.74, 6) is 0.240. The Morgan fingerprint density at radius 1 is 1.08 bits per heavy atom. The number of fused-ring (bicyclic) bond motifs is 1. The molecular formula is C20H19NO3. The van der Waals surface area contributed by atoms with Crippen LogP contribution in [0.25, 0.3) is 10.9 Å². The first kappa shape index (κ1) is 16.0. The summed E-state index contributed by atoms with van der Waals surface area (Å²) in [5, 5.41) is 0.870. The SMILES string of the molecule is CCC(=O)Oc1ccc2c(C(C)=O)cn(Cc3ccccc3)c2c1. The van der Waals surface area contributed by atoms with E-state index in [1.165, 1.54) is 0 Å². The molecule has 0 saturated heterocycles. The molecule has 0 spiro atoms. The highest BCUT2D eigenvalue weighted by Gasteiger charge is 2.14. The fourth-order valence-corrected chi connectivity index (χ4v) is 2.73. The van der Waals surface area contributed by atoms with Crippen molar-refractivity contribution in [2.24, 2.45) is 0 Å². The number of hydrogen-bond acceptors (Lipinski definition) is 3. The number of carbonyl (C=O) groups excluding carboxylic acids is 2. The average Bonchev–Trinajstić information content (AvgIpc) is 2.94. The number of nitrogens with zero attached hydrogens (tertiary/aromatic N) is 1. The van der Waals surface area contributed by atoms with E-state index in [0.29, 0.717) is 24.3 Å². The number of esters is 1. The third-order valence-corrected chi connectivity index (χ3v) is 3.95. The van der Waals surface area contributed by atoms with E-state index in [1.54, 1.807) is 19.9 Å². The summed E-state index contributed by atoms with van der Waals surface area (Å²) in [6.07, 6.45) is 2.19. The number of hydrogen-bond donors (Lipinski definition) is 0. The summed E-state index contributed by atoms with van der Waals surface area (Å²) in [4.78, 5) is 23.5. The molecule has 0 radical (unpaired) electrons. The van der Waals surface area contributed by atoms with Crippen LogP contribution in [0.4, 0.5) is 0 Å². The Morgan fingerprint density at radius 3 is 2.50 bits per heavy atom. The van der Waals surface area contributed by atoms with Crippen molar-refractivity contribution < 1.29 is 14.3 Å². The van der Waals surface area contributed by atoms with Crippen LogP contribution in [0.15, 0.2) is 54.7 Å². The van der Waals surface area contributed by atoms with Gasteiger partial charge in [-0.2, -0.15) is 0 Å². The monoisotopic (exact) mass is 321 g/mol. The van der Waals surface area contributed by atoms with Crippen LogP contribution in [0.3, 0.4) is 0 Å². The third kappa shape index (κ3) is 3.23. The summed E-state index contributed by atoms with van der Waals surface area (Å²) in [7, 11) is 0. The molecule has 122 valence electrons. The maximum atomic E-state index is 11.9. The van der Waals surface area contributed by atoms with Crippen LogP contribution in [-0.2, 0) is 11.3 Å². The maximum absolute atomic E-state index is 11.9. The zero-order chi connectivity index (χ0) is 17.1. The average molecular weight is 321 g/mol. The smallest absolute Gasteiger partial charge is 0.310 e. The second-order valence-corrected chi connectivity index (χ2v) is 5.72. The van der Waals surface area contributed by atoms with Gasteiger partial charge < -0.3 is 9.30 Å². The lowest BCUT2D eigenvalue weighted by Crippen LogP contribution is -2.05. The van der Waals surface area contributed by atoms with E-state index >= 15 is 0 Å². The number of aromatic nitrogens is 1. The molecule has 1 aromatic heterocycles. The molecule has 3 rings (SSSR count). The van der Waals surface area contributed by atoms with Gasteiger partial charge in [0.15, 0.2) is 5.78 Å². The molecule has 0 bridgehead atoms. The molecule has 0 aliphatic heterocycles. The highest BCUT2D eigenvalue weighted by atomic mass is 16.5. The van der Waals surface area contributed by atoms with Crippen molar-refractivity contribution in [3.05, 3.63) is 65.9 Å². The molecule has 0 unspecified atom stereocenters. The maximum Gasteiger partial charge on any atom is 0.310 e. The fraction of sp³-hybridized carbons (Fsp3) is 0.200. The topological polar surface area (TPSA) is 48.3 Å². The Labute approximate surface area is 140 Å². The molecular weight excluding hydrogens is 302 g/mol. The Kier molecular flexibility index (Phi) is 4.47. The van der Waals surface area contributed by atoms with Gasteiger partial charge in [-0.25, -0.2) is 0 Å². The lowest BCUT2D eigenvalue weighted by atomic mass is 10.1. The van der Waals surface area contributed by atoms with E-state index in [2.05, 4.69) is 0 Å². The van der Waals surface area contributed by atoms with Gasteiger partial charge in [0.25, 0.3) is 0 Å². The predicted molar refractivity (Wildman–Crippen MR) is 93.4 cm³/mol. The number of ketones is 1. The summed E-state index contributed by atoms with van der Waals surface area (Å²) in [5.41, 5.74) is 2.69. The molecule has 0 amide bonds. The summed E-state index contributed by atoms with van der Waals surface area (Å²) in [6.45, 7) is 3.97. The van der Waals surface area contributed by atoms with Gasteiger partial charge in [-0.3, -0.25) is 9.59 Å². The second-order valence-electron chi connectivity index (χ2n) is 5.72. The highest BCUT2D eigenvalue weighted by molar-refractivity contribution is 6.07. The van der Waals surface area contributed by atoms with Crippen molar-refractivity contribution in [3.63, 3.8) is 0 Å². The minimum absolute atomic E-state index is 0.0186. The number of Topliss-reactive ketones (excluding diaryl/α,β-unsaturated/α-hetero) is 1. The normalized spacial score (nSPS) is 10.8. The van der Waals surface area contributed by atoms with Crippen LogP contribution in [0.5, 0.6) is 5.75 Å². The van der Waals surface area contributed by atoms with Crippen molar-refractivity contribution >= 4 is 22.7 Å². The summed E-state index contributed by atoms with van der Waals surface area (Å²) < 4.78 is 7.33. The van der Waals surface area contributed by atoms with E-state index in [0.717, 1.165) is 16.5 Å². The zero-order valence-corrected chi connectivity index (χ0v) is 13.8. The van der Waals surface area contributed by atoms with E-state index in [9.17, 15) is 9.59 Å². The Morgan fingerprint density at radius 2 is 1.83 bits per heavy atom. The minimum atomic E-state index is -0.276. The summed E-state index contributed by atoms with van der Waals surface area (Å²) in [6, 6.07) is 15.4.